The Hall–Kier alpha value is -1.75. The lowest BCUT2D eigenvalue weighted by molar-refractivity contribution is 0.129. The first-order chi connectivity index (χ1) is 11.0. The van der Waals surface area contributed by atoms with Crippen molar-refractivity contribution in [3.63, 3.8) is 0 Å². The van der Waals surface area contributed by atoms with Gasteiger partial charge in [-0.05, 0) is 37.0 Å². The molecule has 2 N–H and O–H groups in total. The lowest BCUT2D eigenvalue weighted by Crippen LogP contribution is -2.40. The van der Waals surface area contributed by atoms with Crippen molar-refractivity contribution >= 4 is 6.03 Å². The average Bonchev–Trinajstić information content (AvgIpc) is 3.02. The van der Waals surface area contributed by atoms with Crippen LogP contribution in [0.15, 0.2) is 24.3 Å². The number of nitrogens with zero attached hydrogens (tertiary/aromatic N) is 1. The summed E-state index contributed by atoms with van der Waals surface area (Å²) in [4.78, 5) is 13.8. The molecule has 2 amide bonds. The molecule has 0 aliphatic carbocycles. The zero-order valence-corrected chi connectivity index (χ0v) is 14.3. The lowest BCUT2D eigenvalue weighted by Gasteiger charge is -2.18. The summed E-state index contributed by atoms with van der Waals surface area (Å²) in [6, 6.07) is 7.99. The number of rotatable bonds is 6. The van der Waals surface area contributed by atoms with E-state index in [1.165, 1.54) is 5.56 Å². The fourth-order valence-corrected chi connectivity index (χ4v) is 2.75. The van der Waals surface area contributed by atoms with Crippen molar-refractivity contribution in [2.75, 3.05) is 26.2 Å². The number of benzene rings is 1. The molecule has 1 saturated heterocycles. The molecule has 2 atom stereocenters. The summed E-state index contributed by atoms with van der Waals surface area (Å²) < 4.78 is 5.64. The van der Waals surface area contributed by atoms with Gasteiger partial charge in [0.25, 0.3) is 0 Å². The van der Waals surface area contributed by atoms with Gasteiger partial charge in [0.1, 0.15) is 12.4 Å². The SMILES string of the molecule is CC(C)c1ccc(OCCNC(=O)N2CC[C@@H]([C@H](C)O)C2)cc1. The van der Waals surface area contributed by atoms with Gasteiger partial charge < -0.3 is 20.1 Å². The maximum atomic E-state index is 12.0. The minimum absolute atomic E-state index is 0.0769. The molecule has 1 aromatic rings. The Morgan fingerprint density at radius 1 is 1.35 bits per heavy atom. The number of nitrogens with one attached hydrogen (secondary N) is 1. The average molecular weight is 320 g/mol. The second-order valence-electron chi connectivity index (χ2n) is 6.54. The van der Waals surface area contributed by atoms with Crippen LogP contribution in [0.4, 0.5) is 4.79 Å². The van der Waals surface area contributed by atoms with Crippen molar-refractivity contribution < 1.29 is 14.6 Å². The summed E-state index contributed by atoms with van der Waals surface area (Å²) in [6.07, 6.45) is 0.508. The fraction of sp³-hybridized carbons (Fsp3) is 0.611. The van der Waals surface area contributed by atoms with Crippen LogP contribution in [0.5, 0.6) is 5.75 Å². The molecule has 0 radical (unpaired) electrons. The van der Waals surface area contributed by atoms with E-state index < -0.39 is 0 Å². The van der Waals surface area contributed by atoms with Gasteiger partial charge in [0.2, 0.25) is 0 Å². The molecule has 1 aliphatic rings. The summed E-state index contributed by atoms with van der Waals surface area (Å²) in [6.45, 7) is 8.35. The van der Waals surface area contributed by atoms with Gasteiger partial charge in [-0.2, -0.15) is 0 Å². The van der Waals surface area contributed by atoms with Crippen molar-refractivity contribution in [3.8, 4) is 5.75 Å². The summed E-state index contributed by atoms with van der Waals surface area (Å²) in [5.74, 6) is 1.52. The number of likely N-dealkylation sites (tertiary alicyclic amines) is 1. The van der Waals surface area contributed by atoms with Gasteiger partial charge in [0, 0.05) is 19.0 Å². The second-order valence-corrected chi connectivity index (χ2v) is 6.54. The fourth-order valence-electron chi connectivity index (χ4n) is 2.75. The van der Waals surface area contributed by atoms with E-state index in [9.17, 15) is 9.90 Å². The quantitative estimate of drug-likeness (QED) is 0.792. The highest BCUT2D eigenvalue weighted by Crippen LogP contribution is 2.20. The van der Waals surface area contributed by atoms with E-state index in [0.29, 0.717) is 32.2 Å². The van der Waals surface area contributed by atoms with Gasteiger partial charge in [0.15, 0.2) is 0 Å². The molecule has 0 bridgehead atoms. The first-order valence-corrected chi connectivity index (χ1v) is 8.41. The molecule has 2 rings (SSSR count). The molecule has 0 aromatic heterocycles. The Bertz CT molecular complexity index is 499. The third kappa shape index (κ3) is 5.13. The van der Waals surface area contributed by atoms with Crippen LogP contribution in [-0.2, 0) is 0 Å². The number of urea groups is 1. The van der Waals surface area contributed by atoms with E-state index in [4.69, 9.17) is 4.74 Å². The Kier molecular flexibility index (Phi) is 6.28. The first kappa shape index (κ1) is 17.6. The van der Waals surface area contributed by atoms with Crippen LogP contribution < -0.4 is 10.1 Å². The number of amides is 2. The monoisotopic (exact) mass is 320 g/mol. The number of carbonyl (C=O) groups excluding carboxylic acids is 1. The number of aliphatic hydroxyl groups excluding tert-OH is 1. The molecule has 1 aromatic carbocycles. The Labute approximate surface area is 138 Å². The highest BCUT2D eigenvalue weighted by Gasteiger charge is 2.28. The van der Waals surface area contributed by atoms with Crippen molar-refractivity contribution in [2.45, 2.75) is 39.2 Å². The predicted octanol–water partition coefficient (Wildman–Crippen LogP) is 2.60. The highest BCUT2D eigenvalue weighted by molar-refractivity contribution is 5.74. The second kappa shape index (κ2) is 8.20. The first-order valence-electron chi connectivity index (χ1n) is 8.41. The van der Waals surface area contributed by atoms with Crippen LogP contribution in [0, 0.1) is 5.92 Å². The summed E-state index contributed by atoms with van der Waals surface area (Å²) in [5, 5.41) is 12.4. The largest absolute Gasteiger partial charge is 0.492 e. The van der Waals surface area contributed by atoms with Crippen molar-refractivity contribution in [3.05, 3.63) is 29.8 Å². The molecule has 0 unspecified atom stereocenters. The van der Waals surface area contributed by atoms with Crippen LogP contribution >= 0.6 is 0 Å². The zero-order chi connectivity index (χ0) is 16.8. The Balaban J connectivity index is 1.66. The smallest absolute Gasteiger partial charge is 0.317 e. The number of hydrogen-bond acceptors (Lipinski definition) is 3. The molecule has 1 aliphatic heterocycles. The maximum Gasteiger partial charge on any atom is 0.317 e. The highest BCUT2D eigenvalue weighted by atomic mass is 16.5. The number of carbonyl (C=O) groups is 1. The molecular formula is C18H28N2O3. The van der Waals surface area contributed by atoms with Gasteiger partial charge in [-0.15, -0.1) is 0 Å². The summed E-state index contributed by atoms with van der Waals surface area (Å²) in [7, 11) is 0. The molecule has 23 heavy (non-hydrogen) atoms. The Morgan fingerprint density at radius 3 is 2.61 bits per heavy atom. The van der Waals surface area contributed by atoms with Gasteiger partial charge in [-0.3, -0.25) is 0 Å². The van der Waals surface area contributed by atoms with E-state index in [1.807, 2.05) is 12.1 Å². The minimum atomic E-state index is -0.357. The zero-order valence-electron chi connectivity index (χ0n) is 14.3. The summed E-state index contributed by atoms with van der Waals surface area (Å²) in [5.41, 5.74) is 1.28. The minimum Gasteiger partial charge on any atom is -0.492 e. The van der Waals surface area contributed by atoms with Crippen molar-refractivity contribution in [1.82, 2.24) is 10.2 Å². The molecule has 1 fully saturated rings. The topological polar surface area (TPSA) is 61.8 Å². The van der Waals surface area contributed by atoms with E-state index in [2.05, 4.69) is 31.3 Å². The van der Waals surface area contributed by atoms with Gasteiger partial charge >= 0.3 is 6.03 Å². The maximum absolute atomic E-state index is 12.0. The molecule has 128 valence electrons. The van der Waals surface area contributed by atoms with E-state index in [-0.39, 0.29) is 18.1 Å². The van der Waals surface area contributed by atoms with Crippen LogP contribution in [0.1, 0.15) is 38.7 Å². The predicted molar refractivity (Wildman–Crippen MR) is 90.8 cm³/mol. The van der Waals surface area contributed by atoms with Crippen molar-refractivity contribution in [2.24, 2.45) is 5.92 Å². The molecule has 5 heteroatoms. The summed E-state index contributed by atoms with van der Waals surface area (Å²) >= 11 is 0. The molecule has 5 nitrogen and oxygen atoms in total. The van der Waals surface area contributed by atoms with Crippen LogP contribution in [-0.4, -0.2) is 48.4 Å². The Morgan fingerprint density at radius 2 is 2.04 bits per heavy atom. The van der Waals surface area contributed by atoms with E-state index >= 15 is 0 Å². The van der Waals surface area contributed by atoms with Crippen LogP contribution in [0.25, 0.3) is 0 Å². The normalized spacial score (nSPS) is 19.0. The van der Waals surface area contributed by atoms with Gasteiger partial charge in [-0.25, -0.2) is 4.79 Å². The number of hydrogen-bond donors (Lipinski definition) is 2. The van der Waals surface area contributed by atoms with Gasteiger partial charge in [-0.1, -0.05) is 26.0 Å². The molecule has 1 heterocycles. The van der Waals surface area contributed by atoms with Gasteiger partial charge in [0.05, 0.1) is 12.6 Å². The molecule has 0 saturated carbocycles. The van der Waals surface area contributed by atoms with E-state index in [1.54, 1.807) is 11.8 Å². The van der Waals surface area contributed by atoms with Crippen LogP contribution in [0.3, 0.4) is 0 Å². The van der Waals surface area contributed by atoms with Crippen molar-refractivity contribution in [1.29, 1.82) is 0 Å². The van der Waals surface area contributed by atoms with E-state index in [0.717, 1.165) is 12.2 Å². The van der Waals surface area contributed by atoms with Crippen LogP contribution in [0.2, 0.25) is 0 Å². The molecule has 0 spiro atoms. The lowest BCUT2D eigenvalue weighted by atomic mass is 10.0. The standard InChI is InChI=1S/C18H28N2O3/c1-13(2)15-4-6-17(7-5-15)23-11-9-19-18(22)20-10-8-16(12-20)14(3)21/h4-7,13-14,16,21H,8-12H2,1-3H3,(H,19,22)/t14-,16+/m0/s1. The molecular weight excluding hydrogens is 292 g/mol. The number of aliphatic hydroxyl groups is 1. The third-order valence-electron chi connectivity index (χ3n) is 4.39. The number of ether oxygens (including phenoxy) is 1. The third-order valence-corrected chi connectivity index (χ3v) is 4.39.